The Morgan fingerprint density at radius 2 is 1.86 bits per heavy atom. The molecule has 4 rings (SSSR count). The molecular weight excluding hydrogens is 354 g/mol. The van der Waals surface area contributed by atoms with Crippen LogP contribution in [0, 0.1) is 0 Å². The second-order valence-electron chi connectivity index (χ2n) is 7.68. The van der Waals surface area contributed by atoms with Gasteiger partial charge in [-0.2, -0.15) is 5.10 Å². The van der Waals surface area contributed by atoms with Gasteiger partial charge in [-0.3, -0.25) is 14.3 Å². The van der Waals surface area contributed by atoms with E-state index in [1.807, 2.05) is 49.1 Å². The van der Waals surface area contributed by atoms with E-state index in [-0.39, 0.29) is 23.6 Å². The third kappa shape index (κ3) is 3.10. The van der Waals surface area contributed by atoms with Crippen LogP contribution in [0.4, 0.5) is 0 Å². The predicted octanol–water partition coefficient (Wildman–Crippen LogP) is 2.73. The number of rotatable bonds is 3. The largest absolute Gasteiger partial charge is 0.345 e. The summed E-state index contributed by atoms with van der Waals surface area (Å²) in [5, 5.41) is 6.38. The van der Waals surface area contributed by atoms with Crippen LogP contribution in [0.5, 0.6) is 0 Å². The Morgan fingerprint density at radius 3 is 2.57 bits per heavy atom. The van der Waals surface area contributed by atoms with Crippen molar-refractivity contribution in [3.8, 4) is 0 Å². The van der Waals surface area contributed by atoms with Crippen LogP contribution in [-0.2, 0) is 7.05 Å². The summed E-state index contributed by atoms with van der Waals surface area (Å²) in [5.74, 6) is 0.983. The van der Waals surface area contributed by atoms with Gasteiger partial charge in [-0.1, -0.05) is 24.3 Å². The number of piperidine rings is 1. The number of likely N-dealkylation sites (tertiary alicyclic amines) is 1. The number of pyridine rings is 1. The second-order valence-corrected chi connectivity index (χ2v) is 7.68. The Morgan fingerprint density at radius 1 is 1.14 bits per heavy atom. The molecule has 0 radical (unpaired) electrons. The van der Waals surface area contributed by atoms with Gasteiger partial charge in [0.1, 0.15) is 11.5 Å². The minimum atomic E-state index is -0.0801. The SMILES string of the molecule is CC(C)n1c(C2CCN(C(=O)c3nccc4ccccc34)CC2)nn(C)c1=O. The smallest absolute Gasteiger partial charge is 0.337 e. The molecule has 0 spiro atoms. The van der Waals surface area contributed by atoms with Crippen molar-refractivity contribution >= 4 is 16.7 Å². The lowest BCUT2D eigenvalue weighted by atomic mass is 9.95. The second kappa shape index (κ2) is 7.22. The van der Waals surface area contributed by atoms with Gasteiger partial charge < -0.3 is 4.90 Å². The molecule has 28 heavy (non-hydrogen) atoms. The number of amides is 1. The Balaban J connectivity index is 1.54. The third-order valence-electron chi connectivity index (χ3n) is 5.52. The fourth-order valence-electron chi connectivity index (χ4n) is 4.04. The first-order valence-corrected chi connectivity index (χ1v) is 9.76. The summed E-state index contributed by atoms with van der Waals surface area (Å²) in [5.41, 5.74) is 0.428. The van der Waals surface area contributed by atoms with Gasteiger partial charge in [0.05, 0.1) is 0 Å². The monoisotopic (exact) mass is 379 g/mol. The van der Waals surface area contributed by atoms with Crippen molar-refractivity contribution in [3.63, 3.8) is 0 Å². The molecule has 1 amide bonds. The molecule has 7 nitrogen and oxygen atoms in total. The molecule has 0 unspecified atom stereocenters. The summed E-state index contributed by atoms with van der Waals surface area (Å²) >= 11 is 0. The van der Waals surface area contributed by atoms with E-state index < -0.39 is 0 Å². The van der Waals surface area contributed by atoms with Crippen LogP contribution in [0.15, 0.2) is 41.3 Å². The molecule has 146 valence electrons. The fraction of sp³-hybridized carbons (Fsp3) is 0.429. The molecule has 0 saturated carbocycles. The number of benzene rings is 1. The lowest BCUT2D eigenvalue weighted by Crippen LogP contribution is -2.39. The standard InChI is InChI=1S/C21H25N5O2/c1-14(2)26-19(23-24(3)21(26)28)16-9-12-25(13-10-16)20(27)18-17-7-5-4-6-15(17)8-11-22-18/h4-8,11,14,16H,9-10,12-13H2,1-3H3. The molecule has 1 aliphatic rings. The van der Waals surface area contributed by atoms with Gasteiger partial charge in [0.2, 0.25) is 0 Å². The fourth-order valence-corrected chi connectivity index (χ4v) is 4.04. The highest BCUT2D eigenvalue weighted by molar-refractivity contribution is 6.05. The van der Waals surface area contributed by atoms with Gasteiger partial charge in [0, 0.05) is 43.7 Å². The van der Waals surface area contributed by atoms with Gasteiger partial charge in [-0.25, -0.2) is 9.48 Å². The van der Waals surface area contributed by atoms with Crippen LogP contribution in [-0.4, -0.2) is 43.2 Å². The number of nitrogens with zero attached hydrogens (tertiary/aromatic N) is 5. The molecule has 3 heterocycles. The number of carbonyl (C=O) groups is 1. The van der Waals surface area contributed by atoms with Gasteiger partial charge in [-0.15, -0.1) is 0 Å². The molecule has 0 N–H and O–H groups in total. The van der Waals surface area contributed by atoms with Crippen molar-refractivity contribution in [2.75, 3.05) is 13.1 Å². The molecule has 1 fully saturated rings. The third-order valence-corrected chi connectivity index (χ3v) is 5.52. The molecule has 0 atom stereocenters. The molecule has 1 saturated heterocycles. The Labute approximate surface area is 163 Å². The van der Waals surface area contributed by atoms with E-state index >= 15 is 0 Å². The molecular formula is C21H25N5O2. The lowest BCUT2D eigenvalue weighted by Gasteiger charge is -2.32. The van der Waals surface area contributed by atoms with Crippen molar-refractivity contribution in [1.82, 2.24) is 24.2 Å². The van der Waals surface area contributed by atoms with Gasteiger partial charge in [0.25, 0.3) is 5.91 Å². The number of hydrogen-bond acceptors (Lipinski definition) is 4. The van der Waals surface area contributed by atoms with Gasteiger partial charge in [-0.05, 0) is 38.1 Å². The highest BCUT2D eigenvalue weighted by Gasteiger charge is 2.30. The highest BCUT2D eigenvalue weighted by Crippen LogP contribution is 2.28. The molecule has 3 aromatic rings. The quantitative estimate of drug-likeness (QED) is 0.701. The topological polar surface area (TPSA) is 73.0 Å². The number of carbonyl (C=O) groups excluding carboxylic acids is 1. The zero-order valence-electron chi connectivity index (χ0n) is 16.5. The summed E-state index contributed by atoms with van der Waals surface area (Å²) in [4.78, 5) is 31.7. The Kier molecular flexibility index (Phi) is 4.75. The number of aromatic nitrogens is 4. The maximum Gasteiger partial charge on any atom is 0.345 e. The zero-order chi connectivity index (χ0) is 19.8. The number of fused-ring (bicyclic) bond motifs is 1. The first-order chi connectivity index (χ1) is 13.5. The van der Waals surface area contributed by atoms with Crippen LogP contribution < -0.4 is 5.69 Å². The molecule has 0 bridgehead atoms. The predicted molar refractivity (Wildman–Crippen MR) is 107 cm³/mol. The van der Waals surface area contributed by atoms with Gasteiger partial charge in [0.15, 0.2) is 0 Å². The molecule has 2 aromatic heterocycles. The van der Waals surface area contributed by atoms with Crippen molar-refractivity contribution < 1.29 is 4.79 Å². The summed E-state index contributed by atoms with van der Waals surface area (Å²) in [6, 6.07) is 9.81. The number of aryl methyl sites for hydroxylation is 1. The van der Waals surface area contributed by atoms with Crippen molar-refractivity contribution in [2.45, 2.75) is 38.6 Å². The normalized spacial score (nSPS) is 15.5. The summed E-state index contributed by atoms with van der Waals surface area (Å²) in [6.07, 6.45) is 3.27. The van der Waals surface area contributed by atoms with Crippen molar-refractivity contribution in [1.29, 1.82) is 0 Å². The Hall–Kier alpha value is -2.96. The van der Waals surface area contributed by atoms with Crippen LogP contribution >= 0.6 is 0 Å². The average molecular weight is 379 g/mol. The maximum atomic E-state index is 13.1. The average Bonchev–Trinajstić information content (AvgIpc) is 3.02. The molecule has 0 aliphatic carbocycles. The van der Waals surface area contributed by atoms with Gasteiger partial charge >= 0.3 is 5.69 Å². The maximum absolute atomic E-state index is 13.1. The minimum absolute atomic E-state index is 0.0301. The van der Waals surface area contributed by atoms with E-state index in [0.29, 0.717) is 18.8 Å². The van der Waals surface area contributed by atoms with Crippen LogP contribution in [0.2, 0.25) is 0 Å². The minimum Gasteiger partial charge on any atom is -0.337 e. The van der Waals surface area contributed by atoms with Crippen molar-refractivity contribution in [3.05, 3.63) is 58.5 Å². The first-order valence-electron chi connectivity index (χ1n) is 9.76. The van der Waals surface area contributed by atoms with E-state index in [4.69, 9.17) is 0 Å². The molecule has 1 aliphatic heterocycles. The summed E-state index contributed by atoms with van der Waals surface area (Å²) in [6.45, 7) is 5.27. The first kappa shape index (κ1) is 18.4. The zero-order valence-corrected chi connectivity index (χ0v) is 16.5. The van der Waals surface area contributed by atoms with E-state index in [2.05, 4.69) is 10.1 Å². The molecule has 1 aromatic carbocycles. The van der Waals surface area contributed by atoms with Crippen molar-refractivity contribution in [2.24, 2.45) is 7.05 Å². The van der Waals surface area contributed by atoms with E-state index in [9.17, 15) is 9.59 Å². The van der Waals surface area contributed by atoms with Crippen LogP contribution in [0.3, 0.4) is 0 Å². The lowest BCUT2D eigenvalue weighted by molar-refractivity contribution is 0.0706. The van der Waals surface area contributed by atoms with Crippen LogP contribution in [0.1, 0.15) is 55.0 Å². The van der Waals surface area contributed by atoms with E-state index in [1.54, 1.807) is 17.8 Å². The summed E-state index contributed by atoms with van der Waals surface area (Å²) < 4.78 is 3.18. The number of hydrogen-bond donors (Lipinski definition) is 0. The molecule has 7 heteroatoms. The van der Waals surface area contributed by atoms with E-state index in [1.165, 1.54) is 4.68 Å². The van der Waals surface area contributed by atoms with Crippen LogP contribution in [0.25, 0.3) is 10.8 Å². The Bertz CT molecular complexity index is 1070. The summed E-state index contributed by atoms with van der Waals surface area (Å²) in [7, 11) is 1.69. The highest BCUT2D eigenvalue weighted by atomic mass is 16.2. The van der Waals surface area contributed by atoms with E-state index in [0.717, 1.165) is 29.4 Å².